The van der Waals surface area contributed by atoms with Gasteiger partial charge in [-0.1, -0.05) is 13.1 Å². The second-order valence-electron chi connectivity index (χ2n) is 4.11. The number of hydrogen-bond donors (Lipinski definition) is 0. The fourth-order valence-corrected chi connectivity index (χ4v) is 15.2. The third-order valence-electron chi connectivity index (χ3n) is 2.67. The van der Waals surface area contributed by atoms with Crippen molar-refractivity contribution in [2.75, 3.05) is 26.4 Å². The van der Waals surface area contributed by atoms with Gasteiger partial charge in [-0.3, -0.25) is 0 Å². The van der Waals surface area contributed by atoms with Crippen molar-refractivity contribution in [3.05, 3.63) is 0 Å². The van der Waals surface area contributed by atoms with Crippen LogP contribution >= 0.6 is 41.2 Å². The van der Waals surface area contributed by atoms with E-state index in [0.717, 1.165) is 0 Å². The first kappa shape index (κ1) is 23.7. The van der Waals surface area contributed by atoms with Crippen LogP contribution in [-0.2, 0) is 18.9 Å². The molecule has 10 heteroatoms. The summed E-state index contributed by atoms with van der Waals surface area (Å²) in [5.41, 5.74) is 0. The molecule has 134 valence electrons. The third-order valence-corrected chi connectivity index (χ3v) is 15.6. The highest BCUT2D eigenvalue weighted by Gasteiger charge is 2.34. The molecular weight excluding hydrogens is 393 g/mol. The van der Waals surface area contributed by atoms with Crippen LogP contribution in [0.1, 0.15) is 27.7 Å². The Bertz CT molecular complexity index is 240. The van der Waals surface area contributed by atoms with Gasteiger partial charge in [0.15, 0.2) is 0 Å². The average Bonchev–Trinajstić information content (AvgIpc) is 2.52. The maximum Gasteiger partial charge on any atom is 0.200 e. The third kappa shape index (κ3) is 8.68. The van der Waals surface area contributed by atoms with Crippen LogP contribution in [0.25, 0.3) is 0 Å². The first-order chi connectivity index (χ1) is 10.6. The minimum absolute atomic E-state index is 0.425. The molecule has 0 radical (unpaired) electrons. The normalized spacial score (nSPS) is 13.9. The summed E-state index contributed by atoms with van der Waals surface area (Å²) in [6.07, 6.45) is 0. The zero-order valence-corrected chi connectivity index (χ0v) is 20.6. The van der Waals surface area contributed by atoms with E-state index in [1.165, 1.54) is 0 Å². The standard InChI is InChI=1S/C12H30O4S4Si2/c1-7-13-11(21-5,14-8-2)17-19-20-18-12(22-6,15-9-3)16-10-4/h7-10,21-22H2,1-6H3. The molecule has 0 unspecified atom stereocenters. The van der Waals surface area contributed by atoms with Crippen molar-refractivity contribution in [3.8, 4) is 0 Å². The van der Waals surface area contributed by atoms with Crippen molar-refractivity contribution < 1.29 is 18.9 Å². The van der Waals surface area contributed by atoms with E-state index in [-0.39, 0.29) is 0 Å². The van der Waals surface area contributed by atoms with Gasteiger partial charge in [0.1, 0.15) is 19.0 Å². The molecule has 0 aliphatic carbocycles. The highest BCUT2D eigenvalue weighted by atomic mass is 33.7. The Balaban J connectivity index is 4.44. The smallest absolute Gasteiger partial charge is 0.200 e. The Hall–Kier alpha value is 1.67. The summed E-state index contributed by atoms with van der Waals surface area (Å²) < 4.78 is 22.7. The van der Waals surface area contributed by atoms with Crippen LogP contribution in [0.5, 0.6) is 0 Å². The molecule has 0 aromatic carbocycles. The van der Waals surface area contributed by atoms with E-state index in [2.05, 4.69) is 13.1 Å². The van der Waals surface area contributed by atoms with Gasteiger partial charge in [-0.05, 0) is 68.9 Å². The molecule has 0 N–H and O–H groups in total. The minimum atomic E-state index is -0.466. The molecule has 0 aromatic rings. The Morgan fingerprint density at radius 2 is 0.909 bits per heavy atom. The van der Waals surface area contributed by atoms with Crippen LogP contribution in [0.4, 0.5) is 0 Å². The van der Waals surface area contributed by atoms with Crippen LogP contribution < -0.4 is 0 Å². The summed E-state index contributed by atoms with van der Waals surface area (Å²) in [6, 6.07) is 0. The van der Waals surface area contributed by atoms with Gasteiger partial charge in [0.05, 0.1) is 0 Å². The summed E-state index contributed by atoms with van der Waals surface area (Å²) in [7, 11) is 5.84. The molecule has 0 heterocycles. The quantitative estimate of drug-likeness (QED) is 0.172. The summed E-state index contributed by atoms with van der Waals surface area (Å²) >= 11 is 0. The SMILES string of the molecule is CCOC(OCC)([SiH2]C)SSSSC(OCC)(OCC)[SiH2]C. The lowest BCUT2D eigenvalue weighted by atomic mass is 10.8. The van der Waals surface area contributed by atoms with Gasteiger partial charge in [0.2, 0.25) is 9.48 Å². The number of hydrogen-bond acceptors (Lipinski definition) is 8. The molecule has 22 heavy (non-hydrogen) atoms. The Morgan fingerprint density at radius 3 is 1.09 bits per heavy atom. The summed E-state index contributed by atoms with van der Waals surface area (Å²) in [4.78, 5) is 0. The fraction of sp³-hybridized carbons (Fsp3) is 1.00. The monoisotopic (exact) mass is 422 g/mol. The lowest BCUT2D eigenvalue weighted by molar-refractivity contribution is -0.109. The minimum Gasteiger partial charge on any atom is -0.345 e. The summed E-state index contributed by atoms with van der Waals surface area (Å²) in [5, 5.41) is 0. The highest BCUT2D eigenvalue weighted by molar-refractivity contribution is 9.26. The topological polar surface area (TPSA) is 36.9 Å². The van der Waals surface area contributed by atoms with Crippen LogP contribution in [0, 0.1) is 0 Å². The molecule has 0 amide bonds. The van der Waals surface area contributed by atoms with E-state index in [9.17, 15) is 0 Å². The molecule has 0 aliphatic rings. The first-order valence-corrected chi connectivity index (χ1v) is 16.9. The molecule has 0 aromatic heterocycles. The molecule has 0 bridgehead atoms. The van der Waals surface area contributed by atoms with E-state index < -0.39 is 28.5 Å². The van der Waals surface area contributed by atoms with Crippen molar-refractivity contribution in [1.82, 2.24) is 0 Å². The van der Waals surface area contributed by atoms with Gasteiger partial charge in [-0.2, -0.15) is 0 Å². The lowest BCUT2D eigenvalue weighted by Crippen LogP contribution is -2.37. The van der Waals surface area contributed by atoms with Crippen LogP contribution in [0.3, 0.4) is 0 Å². The predicted octanol–water partition coefficient (Wildman–Crippen LogP) is 3.47. The fourth-order valence-electron chi connectivity index (χ4n) is 1.72. The molecule has 0 saturated carbocycles. The van der Waals surface area contributed by atoms with E-state index >= 15 is 0 Å². The van der Waals surface area contributed by atoms with Crippen molar-refractivity contribution in [1.29, 1.82) is 0 Å². The zero-order chi connectivity index (χ0) is 16.9. The molecule has 0 aliphatic heterocycles. The van der Waals surface area contributed by atoms with Crippen molar-refractivity contribution in [3.63, 3.8) is 0 Å². The number of rotatable bonds is 15. The molecule has 4 nitrogen and oxygen atoms in total. The Kier molecular flexibility index (Phi) is 15.0. The van der Waals surface area contributed by atoms with Crippen molar-refractivity contribution in [2.45, 2.75) is 50.3 Å². The van der Waals surface area contributed by atoms with E-state index in [1.807, 2.05) is 27.7 Å². The van der Waals surface area contributed by atoms with Crippen molar-refractivity contribution in [2.24, 2.45) is 0 Å². The summed E-state index contributed by atoms with van der Waals surface area (Å²) in [6.45, 7) is 15.2. The molecule has 0 saturated heterocycles. The zero-order valence-electron chi connectivity index (χ0n) is 14.5. The molecule has 0 atom stereocenters. The van der Waals surface area contributed by atoms with Gasteiger partial charge in [0, 0.05) is 26.4 Å². The second kappa shape index (κ2) is 13.9. The summed E-state index contributed by atoms with van der Waals surface area (Å²) in [5.74, 6) is 0. The Labute approximate surface area is 155 Å². The molecule has 0 spiro atoms. The van der Waals surface area contributed by atoms with Gasteiger partial charge in [-0.25, -0.2) is 0 Å². The highest BCUT2D eigenvalue weighted by Crippen LogP contribution is 2.53. The van der Waals surface area contributed by atoms with Crippen LogP contribution in [0.2, 0.25) is 13.1 Å². The number of ether oxygens (including phenoxy) is 4. The molecule has 0 rings (SSSR count). The van der Waals surface area contributed by atoms with E-state index in [4.69, 9.17) is 18.9 Å². The van der Waals surface area contributed by atoms with Gasteiger partial charge in [-0.15, -0.1) is 0 Å². The largest absolute Gasteiger partial charge is 0.345 e. The molecular formula is C12H30O4S4Si2. The second-order valence-corrected chi connectivity index (χ2v) is 14.5. The molecule has 0 fully saturated rings. The van der Waals surface area contributed by atoms with Gasteiger partial charge < -0.3 is 18.9 Å². The van der Waals surface area contributed by atoms with Crippen LogP contribution in [0.15, 0.2) is 0 Å². The lowest BCUT2D eigenvalue weighted by Gasteiger charge is -2.32. The van der Waals surface area contributed by atoms with Gasteiger partial charge >= 0.3 is 0 Å². The van der Waals surface area contributed by atoms with Gasteiger partial charge in [0.25, 0.3) is 0 Å². The predicted molar refractivity (Wildman–Crippen MR) is 111 cm³/mol. The maximum absolute atomic E-state index is 5.88. The first-order valence-electron chi connectivity index (χ1n) is 7.83. The van der Waals surface area contributed by atoms with Crippen LogP contribution in [-0.4, -0.2) is 55.0 Å². The maximum atomic E-state index is 5.88. The average molecular weight is 423 g/mol. The Morgan fingerprint density at radius 1 is 0.636 bits per heavy atom. The van der Waals surface area contributed by atoms with Crippen molar-refractivity contribution >= 4 is 60.3 Å². The van der Waals surface area contributed by atoms with E-state index in [0.29, 0.717) is 26.4 Å². The van der Waals surface area contributed by atoms with E-state index in [1.54, 1.807) is 41.2 Å².